The van der Waals surface area contributed by atoms with Crippen LogP contribution >= 0.6 is 0 Å². The fourth-order valence-electron chi connectivity index (χ4n) is 10.5. The van der Waals surface area contributed by atoms with E-state index >= 15 is 13.2 Å². The minimum absolute atomic E-state index is 0.0545. The molecule has 0 saturated carbocycles. The van der Waals surface area contributed by atoms with Crippen molar-refractivity contribution in [2.45, 2.75) is 6.18 Å². The standard InChI is InChI=1S/C67H33F3N8/c68-67(69,70)55-26-44(38-75)25-54(29-55)66-64(77-60-30-50(46-9-1-40(34-71)2-10-46)17-21-56(60)57-22-18-51(31-61(57)77)47-11-3-41(35-72)4-12-47)27-45(39-76)28-65(66)78-62-32-52(48-13-5-42(36-73)6-14-48)19-23-58(62)59-24-20-53(33-63(59)78)49-15-7-43(37-74)8-16-49/h1-33H. The van der Waals surface area contributed by atoms with Gasteiger partial charge in [-0.2, -0.15) is 44.7 Å². The Bertz CT molecular complexity index is 4260. The van der Waals surface area contributed by atoms with E-state index in [-0.39, 0.29) is 22.3 Å². The van der Waals surface area contributed by atoms with E-state index in [2.05, 4.69) is 30.3 Å². The van der Waals surface area contributed by atoms with Gasteiger partial charge in [0.15, 0.2) is 0 Å². The van der Waals surface area contributed by atoms with Crippen LogP contribution in [-0.2, 0) is 6.18 Å². The summed E-state index contributed by atoms with van der Waals surface area (Å²) in [7, 11) is 0. The molecule has 0 N–H and O–H groups in total. The van der Waals surface area contributed by atoms with Crippen LogP contribution in [0.15, 0.2) is 200 Å². The van der Waals surface area contributed by atoms with Gasteiger partial charge in [0.25, 0.3) is 0 Å². The monoisotopic (exact) mass is 1010 g/mol. The Morgan fingerprint density at radius 3 is 0.808 bits per heavy atom. The summed E-state index contributed by atoms with van der Waals surface area (Å²) >= 11 is 0. The van der Waals surface area contributed by atoms with Crippen molar-refractivity contribution >= 4 is 43.6 Å². The first-order valence-electron chi connectivity index (χ1n) is 24.4. The van der Waals surface area contributed by atoms with Crippen molar-refractivity contribution in [3.8, 4) is 103 Å². The third kappa shape index (κ3) is 8.17. The maximum absolute atomic E-state index is 15.3. The van der Waals surface area contributed by atoms with Gasteiger partial charge in [-0.05, 0) is 153 Å². The number of nitriles is 6. The van der Waals surface area contributed by atoms with E-state index in [1.165, 1.54) is 6.07 Å². The summed E-state index contributed by atoms with van der Waals surface area (Å²) in [6.07, 6.45) is -4.87. The molecule has 0 radical (unpaired) electrons. The first kappa shape index (κ1) is 47.5. The van der Waals surface area contributed by atoms with Crippen LogP contribution in [-0.4, -0.2) is 9.13 Å². The molecule has 78 heavy (non-hydrogen) atoms. The van der Waals surface area contributed by atoms with E-state index < -0.39 is 11.7 Å². The first-order valence-corrected chi connectivity index (χ1v) is 24.4. The molecule has 0 aliphatic heterocycles. The quantitative estimate of drug-likeness (QED) is 0.155. The summed E-state index contributed by atoms with van der Waals surface area (Å²) in [4.78, 5) is 0. The molecule has 0 unspecified atom stereocenters. The Hall–Kier alpha value is -11.5. The topological polar surface area (TPSA) is 153 Å². The van der Waals surface area contributed by atoms with E-state index in [1.54, 1.807) is 60.7 Å². The Labute approximate surface area is 444 Å². The van der Waals surface area contributed by atoms with Crippen LogP contribution in [0.2, 0.25) is 0 Å². The SMILES string of the molecule is N#Cc1ccc(-c2ccc3c4ccc(-c5ccc(C#N)cc5)cc4n(-c4cc(C#N)cc(-n5c6cc(-c7ccc(C#N)cc7)ccc6c6ccc(-c7ccc(C#N)cc7)cc65)c4-c4cc(C#N)cc(C(F)(F)F)c4)c3c2)cc1. The number of halogens is 3. The predicted molar refractivity (Wildman–Crippen MR) is 296 cm³/mol. The van der Waals surface area contributed by atoms with Crippen molar-refractivity contribution in [2.75, 3.05) is 0 Å². The number of fused-ring (bicyclic) bond motifs is 6. The second kappa shape index (κ2) is 18.8. The summed E-state index contributed by atoms with van der Waals surface area (Å²) in [5, 5.41) is 63.5. The second-order valence-corrected chi connectivity index (χ2v) is 18.8. The molecule has 0 aliphatic carbocycles. The Morgan fingerprint density at radius 1 is 0.269 bits per heavy atom. The summed E-state index contributed by atoms with van der Waals surface area (Å²) < 4.78 is 49.8. The molecule has 0 saturated heterocycles. The van der Waals surface area contributed by atoms with Gasteiger partial charge in [-0.1, -0.05) is 97.1 Å². The molecule has 0 spiro atoms. The Balaban J connectivity index is 1.26. The van der Waals surface area contributed by atoms with E-state index in [0.717, 1.165) is 78.2 Å². The number of benzene rings is 10. The van der Waals surface area contributed by atoms with Crippen LogP contribution in [0.3, 0.4) is 0 Å². The lowest BCUT2D eigenvalue weighted by molar-refractivity contribution is -0.137. The van der Waals surface area contributed by atoms with E-state index in [0.29, 0.717) is 55.7 Å². The molecule has 12 aromatic rings. The van der Waals surface area contributed by atoms with Crippen LogP contribution < -0.4 is 0 Å². The fourth-order valence-corrected chi connectivity index (χ4v) is 10.5. The second-order valence-electron chi connectivity index (χ2n) is 18.8. The molecule has 12 rings (SSSR count). The molecule has 8 nitrogen and oxygen atoms in total. The molecule has 0 bridgehead atoms. The number of hydrogen-bond acceptors (Lipinski definition) is 6. The highest BCUT2D eigenvalue weighted by Gasteiger charge is 2.33. The number of hydrogen-bond donors (Lipinski definition) is 0. The molecule has 362 valence electrons. The van der Waals surface area contributed by atoms with Crippen LogP contribution in [0.25, 0.3) is 111 Å². The molecular formula is C67H33F3N8. The van der Waals surface area contributed by atoms with Crippen LogP contribution in [0.4, 0.5) is 13.2 Å². The Morgan fingerprint density at radius 2 is 0.538 bits per heavy atom. The van der Waals surface area contributed by atoms with Crippen LogP contribution in [0.5, 0.6) is 0 Å². The highest BCUT2D eigenvalue weighted by Crippen LogP contribution is 2.46. The Kier molecular flexibility index (Phi) is 11.4. The van der Waals surface area contributed by atoms with Gasteiger partial charge in [-0.3, -0.25) is 0 Å². The summed E-state index contributed by atoms with van der Waals surface area (Å²) in [5.41, 5.74) is 10.7. The minimum Gasteiger partial charge on any atom is -0.308 e. The van der Waals surface area contributed by atoms with Gasteiger partial charge < -0.3 is 9.13 Å². The first-order chi connectivity index (χ1) is 38.0. The van der Waals surface area contributed by atoms with Crippen LogP contribution in [0.1, 0.15) is 38.9 Å². The maximum atomic E-state index is 15.3. The van der Waals surface area contributed by atoms with Crippen molar-refractivity contribution < 1.29 is 13.2 Å². The molecule has 2 heterocycles. The van der Waals surface area contributed by atoms with Crippen LogP contribution in [0, 0.1) is 68.0 Å². The third-order valence-corrected chi connectivity index (χ3v) is 14.3. The zero-order chi connectivity index (χ0) is 53.8. The number of aromatic nitrogens is 2. The van der Waals surface area contributed by atoms with Crippen molar-refractivity contribution in [1.82, 2.24) is 9.13 Å². The van der Waals surface area contributed by atoms with E-state index in [9.17, 15) is 31.6 Å². The summed E-state index contributed by atoms with van der Waals surface area (Å²) in [6, 6.07) is 72.1. The lowest BCUT2D eigenvalue weighted by Gasteiger charge is -2.22. The maximum Gasteiger partial charge on any atom is 0.416 e. The van der Waals surface area contributed by atoms with Crippen molar-refractivity contribution in [2.24, 2.45) is 0 Å². The zero-order valence-corrected chi connectivity index (χ0v) is 40.8. The van der Waals surface area contributed by atoms with Gasteiger partial charge in [0, 0.05) is 27.1 Å². The average molecular weight is 1010 g/mol. The van der Waals surface area contributed by atoms with Crippen molar-refractivity contribution in [3.63, 3.8) is 0 Å². The molecule has 10 aromatic carbocycles. The van der Waals surface area contributed by atoms with Gasteiger partial charge >= 0.3 is 6.18 Å². The van der Waals surface area contributed by atoms with Crippen molar-refractivity contribution in [3.05, 3.63) is 239 Å². The lowest BCUT2D eigenvalue weighted by Crippen LogP contribution is -2.08. The minimum atomic E-state index is -4.87. The highest BCUT2D eigenvalue weighted by molar-refractivity contribution is 6.14. The number of rotatable bonds is 7. The van der Waals surface area contributed by atoms with Gasteiger partial charge in [-0.15, -0.1) is 0 Å². The largest absolute Gasteiger partial charge is 0.416 e. The molecule has 0 amide bonds. The van der Waals surface area contributed by atoms with Gasteiger partial charge in [0.1, 0.15) is 0 Å². The molecule has 0 aliphatic rings. The number of alkyl halides is 3. The van der Waals surface area contributed by atoms with E-state index in [1.807, 2.05) is 137 Å². The van der Waals surface area contributed by atoms with Gasteiger partial charge in [-0.25, -0.2) is 0 Å². The highest BCUT2D eigenvalue weighted by atomic mass is 19.4. The van der Waals surface area contributed by atoms with Gasteiger partial charge in [0.05, 0.1) is 109 Å². The van der Waals surface area contributed by atoms with E-state index in [4.69, 9.17) is 0 Å². The summed E-state index contributed by atoms with van der Waals surface area (Å²) in [6.45, 7) is 0. The summed E-state index contributed by atoms with van der Waals surface area (Å²) in [5.74, 6) is 0. The lowest BCUT2D eigenvalue weighted by atomic mass is 9.94. The molecule has 0 atom stereocenters. The normalized spacial score (nSPS) is 11.2. The number of nitrogens with zero attached hydrogens (tertiary/aromatic N) is 8. The van der Waals surface area contributed by atoms with Gasteiger partial charge in [0.2, 0.25) is 0 Å². The molecular weight excluding hydrogens is 974 g/mol. The molecule has 11 heteroatoms. The molecule has 2 aromatic heterocycles. The average Bonchev–Trinajstić information content (AvgIpc) is 4.10. The van der Waals surface area contributed by atoms with Crippen molar-refractivity contribution in [1.29, 1.82) is 31.6 Å². The molecule has 0 fully saturated rings. The fraction of sp³-hybridized carbons (Fsp3) is 0.0149. The zero-order valence-electron chi connectivity index (χ0n) is 40.8. The third-order valence-electron chi connectivity index (χ3n) is 14.3. The predicted octanol–water partition coefficient (Wildman–Crippen LogP) is 16.5. The smallest absolute Gasteiger partial charge is 0.308 e.